The quantitative estimate of drug-likeness (QED) is 0.837. The molecule has 0 saturated carbocycles. The lowest BCUT2D eigenvalue weighted by molar-refractivity contribution is -0.113. The van der Waals surface area contributed by atoms with Gasteiger partial charge in [0.25, 0.3) is 0 Å². The number of nitrogens with one attached hydrogen (secondary N) is 2. The van der Waals surface area contributed by atoms with Crippen LogP contribution in [0, 0.1) is 0 Å². The topological polar surface area (TPSA) is 50.4 Å². The highest BCUT2D eigenvalue weighted by Gasteiger charge is 2.24. The zero-order chi connectivity index (χ0) is 15.6. The van der Waals surface area contributed by atoms with Crippen LogP contribution in [0.1, 0.15) is 45.0 Å². The van der Waals surface area contributed by atoms with Gasteiger partial charge >= 0.3 is 0 Å². The first-order chi connectivity index (χ1) is 9.80. The lowest BCUT2D eigenvalue weighted by atomic mass is 9.99. The second-order valence-corrected chi connectivity index (χ2v) is 8.47. The maximum Gasteiger partial charge on any atom is 0.234 e. The Kier molecular flexibility index (Phi) is 5.35. The summed E-state index contributed by atoms with van der Waals surface area (Å²) < 4.78 is 6.70. The second-order valence-electron chi connectivity index (χ2n) is 6.14. The summed E-state index contributed by atoms with van der Waals surface area (Å²) in [6, 6.07) is 2.72. The van der Waals surface area contributed by atoms with E-state index < -0.39 is 0 Å². The average Bonchev–Trinajstić information content (AvgIpc) is 2.81. The molecular weight excluding hydrogens is 304 g/mol. The van der Waals surface area contributed by atoms with E-state index in [1.54, 1.807) is 30.2 Å². The Bertz CT molecular complexity index is 514. The molecule has 0 saturated heterocycles. The van der Waals surface area contributed by atoms with Crippen molar-refractivity contribution < 1.29 is 9.53 Å². The summed E-state index contributed by atoms with van der Waals surface area (Å²) in [5.74, 6) is 0.611. The van der Waals surface area contributed by atoms with Crippen LogP contribution in [-0.4, -0.2) is 30.4 Å². The molecule has 2 heterocycles. The Labute approximate surface area is 135 Å². The van der Waals surface area contributed by atoms with Crippen LogP contribution in [0.5, 0.6) is 0 Å². The fourth-order valence-corrected chi connectivity index (χ4v) is 4.66. The number of rotatable bonds is 6. The van der Waals surface area contributed by atoms with Crippen molar-refractivity contribution >= 4 is 34.7 Å². The summed E-state index contributed by atoms with van der Waals surface area (Å²) in [5.41, 5.74) is 0.847. The standard InChI is InChI=1S/C15H24N2O2S2/c1-9(7-15(3,4)19-5)16-10(2)12-6-11-14(21-12)20-8-13(18)17-11/h6,9-10,16H,7-8H2,1-5H3,(H,17,18)/t9-,10+/m0/s1. The van der Waals surface area contributed by atoms with Crippen molar-refractivity contribution in [3.05, 3.63) is 10.9 Å². The van der Waals surface area contributed by atoms with Gasteiger partial charge in [0, 0.05) is 24.1 Å². The van der Waals surface area contributed by atoms with Gasteiger partial charge in [0.15, 0.2) is 0 Å². The van der Waals surface area contributed by atoms with E-state index in [0.29, 0.717) is 11.8 Å². The molecule has 2 rings (SSSR count). The maximum atomic E-state index is 11.4. The number of anilines is 1. The Balaban J connectivity index is 1.97. The summed E-state index contributed by atoms with van der Waals surface area (Å²) in [7, 11) is 1.75. The lowest BCUT2D eigenvalue weighted by Gasteiger charge is -2.28. The smallest absolute Gasteiger partial charge is 0.234 e. The van der Waals surface area contributed by atoms with E-state index in [9.17, 15) is 4.79 Å². The van der Waals surface area contributed by atoms with Crippen LogP contribution in [0.15, 0.2) is 10.3 Å². The van der Waals surface area contributed by atoms with Crippen molar-refractivity contribution in [1.82, 2.24) is 5.32 Å². The van der Waals surface area contributed by atoms with Crippen molar-refractivity contribution in [2.75, 3.05) is 18.2 Å². The molecule has 0 unspecified atom stereocenters. The molecule has 0 aromatic carbocycles. The van der Waals surface area contributed by atoms with Crippen LogP contribution in [0.4, 0.5) is 5.69 Å². The monoisotopic (exact) mass is 328 g/mol. The largest absolute Gasteiger partial charge is 0.379 e. The highest BCUT2D eigenvalue weighted by molar-refractivity contribution is 8.02. The highest BCUT2D eigenvalue weighted by atomic mass is 32.2. The predicted molar refractivity (Wildman–Crippen MR) is 90.4 cm³/mol. The van der Waals surface area contributed by atoms with E-state index in [1.807, 2.05) is 0 Å². The molecule has 1 aromatic heterocycles. The van der Waals surface area contributed by atoms with Crippen molar-refractivity contribution in [3.63, 3.8) is 0 Å². The van der Waals surface area contributed by atoms with Gasteiger partial charge in [0.1, 0.15) is 0 Å². The van der Waals surface area contributed by atoms with Crippen molar-refractivity contribution in [2.24, 2.45) is 0 Å². The van der Waals surface area contributed by atoms with Crippen LogP contribution in [0.2, 0.25) is 0 Å². The first-order valence-corrected chi connectivity index (χ1v) is 8.98. The van der Waals surface area contributed by atoms with Gasteiger partial charge < -0.3 is 15.4 Å². The molecule has 1 aliphatic heterocycles. The number of ether oxygens (including phenoxy) is 1. The average molecular weight is 329 g/mol. The fraction of sp³-hybridized carbons (Fsp3) is 0.667. The minimum Gasteiger partial charge on any atom is -0.379 e. The molecule has 6 heteroatoms. The molecule has 0 fully saturated rings. The molecule has 118 valence electrons. The number of fused-ring (bicyclic) bond motifs is 1. The molecule has 0 spiro atoms. The molecule has 1 aromatic rings. The van der Waals surface area contributed by atoms with E-state index in [4.69, 9.17) is 4.74 Å². The molecule has 0 radical (unpaired) electrons. The number of hydrogen-bond acceptors (Lipinski definition) is 5. The summed E-state index contributed by atoms with van der Waals surface area (Å²) in [6.45, 7) is 8.55. The Morgan fingerprint density at radius 2 is 2.19 bits per heavy atom. The molecular formula is C15H24N2O2S2. The number of carbonyl (C=O) groups is 1. The summed E-state index contributed by atoms with van der Waals surface area (Å²) in [5, 5.41) is 6.55. The summed E-state index contributed by atoms with van der Waals surface area (Å²) >= 11 is 3.39. The first kappa shape index (κ1) is 16.8. The highest BCUT2D eigenvalue weighted by Crippen LogP contribution is 2.41. The molecule has 1 amide bonds. The second kappa shape index (κ2) is 6.69. The molecule has 2 N–H and O–H groups in total. The van der Waals surface area contributed by atoms with Gasteiger partial charge in [-0.25, -0.2) is 0 Å². The zero-order valence-corrected chi connectivity index (χ0v) is 14.9. The molecule has 1 aliphatic rings. The van der Waals surface area contributed by atoms with Crippen LogP contribution < -0.4 is 10.6 Å². The molecule has 4 nitrogen and oxygen atoms in total. The summed E-state index contributed by atoms with van der Waals surface area (Å²) in [4.78, 5) is 12.7. The third kappa shape index (κ3) is 4.45. The van der Waals surface area contributed by atoms with Gasteiger partial charge in [-0.2, -0.15) is 0 Å². The minimum absolute atomic E-state index is 0.0904. The van der Waals surface area contributed by atoms with Crippen molar-refractivity contribution in [1.29, 1.82) is 0 Å². The number of carbonyl (C=O) groups excluding carboxylic acids is 1. The van der Waals surface area contributed by atoms with Gasteiger partial charge in [-0.1, -0.05) is 0 Å². The van der Waals surface area contributed by atoms with E-state index in [-0.39, 0.29) is 17.6 Å². The third-order valence-corrected chi connectivity index (χ3v) is 6.24. The Hall–Kier alpha value is -0.560. The number of thioether (sulfide) groups is 1. The van der Waals surface area contributed by atoms with E-state index >= 15 is 0 Å². The summed E-state index contributed by atoms with van der Waals surface area (Å²) in [6.07, 6.45) is 0.949. The fourth-order valence-electron chi connectivity index (χ4n) is 2.51. The third-order valence-electron chi connectivity index (χ3n) is 3.64. The molecule has 0 bridgehead atoms. The predicted octanol–water partition coefficient (Wildman–Crippen LogP) is 3.65. The molecule has 21 heavy (non-hydrogen) atoms. The van der Waals surface area contributed by atoms with Crippen molar-refractivity contribution in [3.8, 4) is 0 Å². The number of hydrogen-bond donors (Lipinski definition) is 2. The van der Waals surface area contributed by atoms with Gasteiger partial charge in [0.05, 0.1) is 21.3 Å². The van der Waals surface area contributed by atoms with E-state index in [2.05, 4.69) is 44.4 Å². The Morgan fingerprint density at radius 1 is 1.48 bits per heavy atom. The minimum atomic E-state index is -0.120. The molecule has 0 aliphatic carbocycles. The van der Waals surface area contributed by atoms with Crippen molar-refractivity contribution in [2.45, 2.75) is 56.0 Å². The van der Waals surface area contributed by atoms with Gasteiger partial charge in [0.2, 0.25) is 5.91 Å². The number of amides is 1. The number of thiophene rings is 1. The van der Waals surface area contributed by atoms with Crippen LogP contribution in [0.25, 0.3) is 0 Å². The van der Waals surface area contributed by atoms with Crippen LogP contribution in [0.3, 0.4) is 0 Å². The van der Waals surface area contributed by atoms with E-state index in [0.717, 1.165) is 12.1 Å². The van der Waals surface area contributed by atoms with Crippen LogP contribution in [-0.2, 0) is 9.53 Å². The van der Waals surface area contributed by atoms with Gasteiger partial charge in [-0.3, -0.25) is 4.79 Å². The van der Waals surface area contributed by atoms with Gasteiger partial charge in [-0.15, -0.1) is 23.1 Å². The van der Waals surface area contributed by atoms with Gasteiger partial charge in [-0.05, 0) is 40.2 Å². The number of methoxy groups -OCH3 is 1. The van der Waals surface area contributed by atoms with Crippen LogP contribution >= 0.6 is 23.1 Å². The lowest BCUT2D eigenvalue weighted by Crippen LogP contribution is -2.36. The normalized spacial score (nSPS) is 18.0. The van der Waals surface area contributed by atoms with E-state index in [1.165, 1.54) is 9.09 Å². The Morgan fingerprint density at radius 3 is 2.86 bits per heavy atom. The maximum absolute atomic E-state index is 11.4. The molecule has 2 atom stereocenters. The SMILES string of the molecule is COC(C)(C)C[C@H](C)N[C@H](C)c1cc2c(s1)SCC(=O)N2. The zero-order valence-electron chi connectivity index (χ0n) is 13.3. The first-order valence-electron chi connectivity index (χ1n) is 7.18.